The molecule has 0 heterocycles. The zero-order valence-corrected chi connectivity index (χ0v) is 12.7. The summed E-state index contributed by atoms with van der Waals surface area (Å²) in [6.07, 6.45) is 5.02. The topological polar surface area (TPSA) is 63.4 Å². The van der Waals surface area contributed by atoms with Crippen LogP contribution >= 0.6 is 0 Å². The summed E-state index contributed by atoms with van der Waals surface area (Å²) in [5, 5.41) is 0. The third-order valence-electron chi connectivity index (χ3n) is 4.04. The molecule has 2 N–H and O–H groups in total. The number of nitrogens with two attached hydrogens (primary N) is 1. The number of halogens is 1. The lowest BCUT2D eigenvalue weighted by atomic mass is 9.96. The molecule has 20 heavy (non-hydrogen) atoms. The zero-order chi connectivity index (χ0) is 14.9. The van der Waals surface area contributed by atoms with Crippen molar-refractivity contribution in [3.8, 4) is 0 Å². The van der Waals surface area contributed by atoms with Gasteiger partial charge in [-0.15, -0.1) is 0 Å². The first-order valence-corrected chi connectivity index (χ1v) is 8.31. The highest BCUT2D eigenvalue weighted by molar-refractivity contribution is 7.89. The molecule has 112 valence electrons. The van der Waals surface area contributed by atoms with E-state index < -0.39 is 15.8 Å². The van der Waals surface area contributed by atoms with E-state index in [9.17, 15) is 12.8 Å². The van der Waals surface area contributed by atoms with Crippen LogP contribution in [0.2, 0.25) is 0 Å². The van der Waals surface area contributed by atoms with Gasteiger partial charge in [0.1, 0.15) is 5.82 Å². The average molecular weight is 300 g/mol. The van der Waals surface area contributed by atoms with Crippen LogP contribution in [-0.4, -0.2) is 25.8 Å². The van der Waals surface area contributed by atoms with Crippen molar-refractivity contribution in [3.05, 3.63) is 23.5 Å². The van der Waals surface area contributed by atoms with Crippen molar-refractivity contribution in [2.75, 3.05) is 12.8 Å². The summed E-state index contributed by atoms with van der Waals surface area (Å²) >= 11 is 0. The van der Waals surface area contributed by atoms with Gasteiger partial charge in [0, 0.05) is 13.1 Å². The van der Waals surface area contributed by atoms with Gasteiger partial charge in [0.25, 0.3) is 0 Å². The Bertz CT molecular complexity index is 595. The van der Waals surface area contributed by atoms with E-state index in [-0.39, 0.29) is 16.6 Å². The predicted octanol–water partition coefficient (Wildman–Crippen LogP) is 2.67. The Labute approximate surface area is 119 Å². The lowest BCUT2D eigenvalue weighted by molar-refractivity contribution is 0.285. The van der Waals surface area contributed by atoms with Gasteiger partial charge < -0.3 is 5.73 Å². The second kappa shape index (κ2) is 5.69. The SMILES string of the molecule is Cc1cc(F)c(N)cc1S(=O)(=O)N(C)C1CCCCC1. The first-order chi connectivity index (χ1) is 9.34. The maximum Gasteiger partial charge on any atom is 0.243 e. The van der Waals surface area contributed by atoms with Crippen LogP contribution < -0.4 is 5.73 Å². The van der Waals surface area contributed by atoms with Crippen LogP contribution in [0.4, 0.5) is 10.1 Å². The average Bonchev–Trinajstić information content (AvgIpc) is 2.42. The van der Waals surface area contributed by atoms with Crippen molar-refractivity contribution in [2.24, 2.45) is 0 Å². The van der Waals surface area contributed by atoms with Crippen molar-refractivity contribution in [1.29, 1.82) is 0 Å². The summed E-state index contributed by atoms with van der Waals surface area (Å²) in [6, 6.07) is 2.43. The monoisotopic (exact) mass is 300 g/mol. The van der Waals surface area contributed by atoms with Crippen LogP contribution in [-0.2, 0) is 10.0 Å². The first kappa shape index (κ1) is 15.3. The Morgan fingerprint density at radius 3 is 2.45 bits per heavy atom. The van der Waals surface area contributed by atoms with Gasteiger partial charge in [-0.3, -0.25) is 0 Å². The standard InChI is InChI=1S/C14H21FN2O2S/c1-10-8-12(15)13(16)9-14(10)20(18,19)17(2)11-6-4-3-5-7-11/h8-9,11H,3-7,16H2,1-2H3. The number of aryl methyl sites for hydroxylation is 1. The molecule has 4 nitrogen and oxygen atoms in total. The fraction of sp³-hybridized carbons (Fsp3) is 0.571. The van der Waals surface area contributed by atoms with Crippen LogP contribution in [0, 0.1) is 12.7 Å². The summed E-state index contributed by atoms with van der Waals surface area (Å²) < 4.78 is 40.1. The van der Waals surface area contributed by atoms with Crippen molar-refractivity contribution in [2.45, 2.75) is 50.0 Å². The molecule has 0 spiro atoms. The van der Waals surface area contributed by atoms with Crippen LogP contribution in [0.15, 0.2) is 17.0 Å². The first-order valence-electron chi connectivity index (χ1n) is 6.87. The number of rotatable bonds is 3. The number of nitrogen functional groups attached to an aromatic ring is 1. The number of benzene rings is 1. The fourth-order valence-electron chi connectivity index (χ4n) is 2.74. The second-order valence-electron chi connectivity index (χ2n) is 5.45. The van der Waals surface area contributed by atoms with Crippen molar-refractivity contribution < 1.29 is 12.8 Å². The van der Waals surface area contributed by atoms with Gasteiger partial charge >= 0.3 is 0 Å². The quantitative estimate of drug-likeness (QED) is 0.873. The number of nitrogens with zero attached hydrogens (tertiary/aromatic N) is 1. The molecular weight excluding hydrogens is 279 g/mol. The van der Waals surface area contributed by atoms with Gasteiger partial charge in [-0.2, -0.15) is 4.31 Å². The maximum atomic E-state index is 13.4. The van der Waals surface area contributed by atoms with Gasteiger partial charge in [0.2, 0.25) is 10.0 Å². The molecule has 0 amide bonds. The van der Waals surface area contributed by atoms with E-state index in [1.165, 1.54) is 16.4 Å². The summed E-state index contributed by atoms with van der Waals surface area (Å²) in [5.41, 5.74) is 5.76. The molecule has 0 radical (unpaired) electrons. The maximum absolute atomic E-state index is 13.4. The molecule has 0 aromatic heterocycles. The van der Waals surface area contributed by atoms with Crippen molar-refractivity contribution in [1.82, 2.24) is 4.31 Å². The molecule has 1 aromatic rings. The largest absolute Gasteiger partial charge is 0.396 e. The lowest BCUT2D eigenvalue weighted by Gasteiger charge is -2.30. The van der Waals surface area contributed by atoms with Gasteiger partial charge in [-0.25, -0.2) is 12.8 Å². The highest BCUT2D eigenvalue weighted by Gasteiger charge is 2.30. The molecule has 0 saturated heterocycles. The summed E-state index contributed by atoms with van der Waals surface area (Å²) in [6.45, 7) is 1.59. The molecule has 1 aliphatic rings. The van der Waals surface area contributed by atoms with Gasteiger partial charge in [-0.05, 0) is 37.5 Å². The summed E-state index contributed by atoms with van der Waals surface area (Å²) in [5.74, 6) is -0.582. The van der Waals surface area contributed by atoms with E-state index in [0.717, 1.165) is 32.1 Å². The molecule has 6 heteroatoms. The number of sulfonamides is 1. The summed E-state index contributed by atoms with van der Waals surface area (Å²) in [7, 11) is -2.02. The minimum atomic E-state index is -3.62. The molecule has 1 aliphatic carbocycles. The molecule has 1 aromatic carbocycles. The van der Waals surface area contributed by atoms with E-state index in [0.29, 0.717) is 5.56 Å². The smallest absolute Gasteiger partial charge is 0.243 e. The Kier molecular flexibility index (Phi) is 4.34. The van der Waals surface area contributed by atoms with Crippen molar-refractivity contribution >= 4 is 15.7 Å². The van der Waals surface area contributed by atoms with Gasteiger partial charge in [-0.1, -0.05) is 19.3 Å². The molecule has 1 fully saturated rings. The van der Waals surface area contributed by atoms with Crippen LogP contribution in [0.25, 0.3) is 0 Å². The van der Waals surface area contributed by atoms with E-state index in [2.05, 4.69) is 0 Å². The van der Waals surface area contributed by atoms with E-state index in [4.69, 9.17) is 5.73 Å². The zero-order valence-electron chi connectivity index (χ0n) is 11.9. The normalized spacial score (nSPS) is 17.6. The number of anilines is 1. The van der Waals surface area contributed by atoms with Crippen LogP contribution in [0.5, 0.6) is 0 Å². The molecular formula is C14H21FN2O2S. The summed E-state index contributed by atoms with van der Waals surface area (Å²) in [4.78, 5) is 0.101. The van der Waals surface area contributed by atoms with E-state index in [1.807, 2.05) is 0 Å². The Balaban J connectivity index is 2.36. The molecule has 2 rings (SSSR count). The van der Waals surface area contributed by atoms with Gasteiger partial charge in [0.05, 0.1) is 10.6 Å². The van der Waals surface area contributed by atoms with Crippen molar-refractivity contribution in [3.63, 3.8) is 0 Å². The van der Waals surface area contributed by atoms with Crippen LogP contribution in [0.1, 0.15) is 37.7 Å². The molecule has 0 unspecified atom stereocenters. The number of hydrogen-bond acceptors (Lipinski definition) is 3. The number of hydrogen-bond donors (Lipinski definition) is 1. The highest BCUT2D eigenvalue weighted by atomic mass is 32.2. The third-order valence-corrected chi connectivity index (χ3v) is 6.09. The Hall–Kier alpha value is -1.14. The third kappa shape index (κ3) is 2.81. The van der Waals surface area contributed by atoms with Gasteiger partial charge in [0.15, 0.2) is 0 Å². The lowest BCUT2D eigenvalue weighted by Crippen LogP contribution is -2.38. The molecule has 0 atom stereocenters. The Morgan fingerprint density at radius 1 is 1.25 bits per heavy atom. The second-order valence-corrected chi connectivity index (χ2v) is 7.42. The fourth-order valence-corrected chi connectivity index (χ4v) is 4.40. The minimum absolute atomic E-state index is 0.0272. The molecule has 0 aliphatic heterocycles. The highest BCUT2D eigenvalue weighted by Crippen LogP contribution is 2.29. The molecule has 1 saturated carbocycles. The van der Waals surface area contributed by atoms with E-state index in [1.54, 1.807) is 14.0 Å². The molecule has 0 bridgehead atoms. The predicted molar refractivity (Wildman–Crippen MR) is 77.4 cm³/mol. The van der Waals surface area contributed by atoms with Crippen LogP contribution in [0.3, 0.4) is 0 Å². The Morgan fingerprint density at radius 2 is 1.85 bits per heavy atom. The van der Waals surface area contributed by atoms with E-state index >= 15 is 0 Å². The minimum Gasteiger partial charge on any atom is -0.396 e.